The molecule has 0 amide bonds. The van der Waals surface area contributed by atoms with Crippen LogP contribution < -0.4 is 0 Å². The van der Waals surface area contributed by atoms with E-state index in [1.165, 1.54) is 135 Å². The first-order chi connectivity index (χ1) is 23.1. The van der Waals surface area contributed by atoms with Crippen molar-refractivity contribution in [2.45, 2.75) is 215 Å². The minimum absolute atomic E-state index is 0.0808. The lowest BCUT2D eigenvalue weighted by Crippen LogP contribution is -2.54. The highest BCUT2D eigenvalue weighted by Crippen LogP contribution is 2.68. The average Bonchev–Trinajstić information content (AvgIpc) is 3.42. The Bertz CT molecular complexity index is 952. The maximum Gasteiger partial charge on any atom is 0.306 e. The molecule has 4 fully saturated rings. The fraction of sp³-hybridized carbons (Fsp3) is 0.935. The minimum atomic E-state index is 0.0808. The average molecular weight is 667 g/mol. The number of hydrogen-bond acceptors (Lipinski definition) is 2. The standard InChI is InChI=1S/C46H82O2/c1-8-9-10-11-12-13-14-15-16-17-18-19-20-21-22-23-44(47)48-39-30-32-45(6)38(34-39)26-27-40-42-29-28-41(46(42,7)33-31-43(40)45)37(5)25-24-36(4)35(2)3/h15-16,35-43H,8-14,17-34H2,1-7H3/b16-15-/t36-,37-,38+,39+,40+,41-,42+,43+,45+,46-/m1/s1. The van der Waals surface area contributed by atoms with E-state index in [4.69, 9.17) is 4.74 Å². The van der Waals surface area contributed by atoms with Crippen molar-refractivity contribution in [2.75, 3.05) is 0 Å². The largest absolute Gasteiger partial charge is 0.462 e. The molecule has 4 saturated carbocycles. The summed E-state index contributed by atoms with van der Waals surface area (Å²) >= 11 is 0. The summed E-state index contributed by atoms with van der Waals surface area (Å²) in [5, 5.41) is 0. The van der Waals surface area contributed by atoms with E-state index in [1.807, 2.05) is 0 Å². The van der Waals surface area contributed by atoms with Crippen LogP contribution >= 0.6 is 0 Å². The first-order valence-corrected chi connectivity index (χ1v) is 21.9. The van der Waals surface area contributed by atoms with Crippen LogP contribution in [-0.4, -0.2) is 12.1 Å². The molecule has 0 aromatic heterocycles. The number of allylic oxidation sites excluding steroid dienone is 2. The summed E-state index contributed by atoms with van der Waals surface area (Å²) < 4.78 is 6.17. The minimum Gasteiger partial charge on any atom is -0.462 e. The lowest BCUT2D eigenvalue weighted by molar-refractivity contribution is -0.162. The Balaban J connectivity index is 1.11. The summed E-state index contributed by atoms with van der Waals surface area (Å²) in [4.78, 5) is 12.8. The molecular formula is C46H82O2. The van der Waals surface area contributed by atoms with Gasteiger partial charge >= 0.3 is 5.97 Å². The number of esters is 1. The van der Waals surface area contributed by atoms with Gasteiger partial charge in [-0.2, -0.15) is 0 Å². The van der Waals surface area contributed by atoms with Crippen LogP contribution in [0.5, 0.6) is 0 Å². The van der Waals surface area contributed by atoms with Gasteiger partial charge in [0.2, 0.25) is 0 Å². The molecule has 0 unspecified atom stereocenters. The van der Waals surface area contributed by atoms with Crippen LogP contribution in [0.4, 0.5) is 0 Å². The summed E-state index contributed by atoms with van der Waals surface area (Å²) in [6, 6.07) is 0. The summed E-state index contributed by atoms with van der Waals surface area (Å²) in [5.74, 6) is 7.10. The molecule has 4 aliphatic carbocycles. The fourth-order valence-electron chi connectivity index (χ4n) is 11.9. The molecule has 0 spiro atoms. The number of rotatable bonds is 21. The number of unbranched alkanes of at least 4 members (excludes halogenated alkanes) is 11. The molecule has 0 heterocycles. The zero-order valence-electron chi connectivity index (χ0n) is 33.3. The SMILES string of the molecule is CCCCCCCC/C=C\CCCCCCCC(=O)O[C@H]1CC[C@@]2(C)[C@@H](CC[C@@H]3[C@@H]2CC[C@]2(C)[C@@H]([C@H](C)CC[C@@H](C)C(C)C)CC[C@@H]32)C1. The third-order valence-electron chi connectivity index (χ3n) is 15.5. The van der Waals surface area contributed by atoms with Gasteiger partial charge in [-0.05, 0) is 148 Å². The summed E-state index contributed by atoms with van der Waals surface area (Å²) in [7, 11) is 0. The monoisotopic (exact) mass is 667 g/mol. The van der Waals surface area contributed by atoms with Crippen LogP contribution in [0, 0.1) is 58.2 Å². The van der Waals surface area contributed by atoms with Crippen molar-refractivity contribution in [2.24, 2.45) is 58.2 Å². The Morgan fingerprint density at radius 2 is 1.33 bits per heavy atom. The van der Waals surface area contributed by atoms with Gasteiger partial charge in [0.1, 0.15) is 6.10 Å². The predicted octanol–water partition coefficient (Wildman–Crippen LogP) is 14.3. The number of ether oxygens (including phenoxy) is 1. The summed E-state index contributed by atoms with van der Waals surface area (Å²) in [5.41, 5.74) is 1.04. The molecule has 2 nitrogen and oxygen atoms in total. The first kappa shape index (κ1) is 40.0. The van der Waals surface area contributed by atoms with E-state index >= 15 is 0 Å². The molecular weight excluding hydrogens is 585 g/mol. The summed E-state index contributed by atoms with van der Waals surface area (Å²) in [6.45, 7) is 17.6. The summed E-state index contributed by atoms with van der Waals surface area (Å²) in [6.07, 6.45) is 37.4. The zero-order chi connectivity index (χ0) is 34.6. The Hall–Kier alpha value is -0.790. The molecule has 0 saturated heterocycles. The molecule has 4 rings (SSSR count). The normalized spacial score (nSPS) is 34.5. The van der Waals surface area contributed by atoms with Crippen molar-refractivity contribution in [3.05, 3.63) is 12.2 Å². The van der Waals surface area contributed by atoms with E-state index in [0.717, 1.165) is 66.6 Å². The van der Waals surface area contributed by atoms with Crippen LogP contribution in [0.25, 0.3) is 0 Å². The van der Waals surface area contributed by atoms with Crippen molar-refractivity contribution in [1.29, 1.82) is 0 Å². The number of carbonyl (C=O) groups excluding carboxylic acids is 1. The van der Waals surface area contributed by atoms with Gasteiger partial charge in [-0.1, -0.05) is 125 Å². The van der Waals surface area contributed by atoms with E-state index in [9.17, 15) is 4.79 Å². The molecule has 0 bridgehead atoms. The third kappa shape index (κ3) is 10.6. The second-order valence-electron chi connectivity index (χ2n) is 18.9. The maximum atomic E-state index is 12.8. The number of carbonyl (C=O) groups is 1. The van der Waals surface area contributed by atoms with E-state index in [-0.39, 0.29) is 12.1 Å². The molecule has 10 atom stereocenters. The third-order valence-corrected chi connectivity index (χ3v) is 15.5. The molecule has 278 valence electrons. The van der Waals surface area contributed by atoms with Gasteiger partial charge in [-0.3, -0.25) is 4.79 Å². The second kappa shape index (κ2) is 19.7. The fourth-order valence-corrected chi connectivity index (χ4v) is 11.9. The Morgan fingerprint density at radius 1 is 0.708 bits per heavy atom. The Kier molecular flexibility index (Phi) is 16.4. The quantitative estimate of drug-likeness (QED) is 0.0692. The van der Waals surface area contributed by atoms with Crippen LogP contribution in [-0.2, 0) is 9.53 Å². The van der Waals surface area contributed by atoms with Crippen LogP contribution in [0.1, 0.15) is 209 Å². The van der Waals surface area contributed by atoms with Crippen molar-refractivity contribution >= 4 is 5.97 Å². The van der Waals surface area contributed by atoms with Gasteiger partial charge in [0.05, 0.1) is 0 Å². The molecule has 48 heavy (non-hydrogen) atoms. The Morgan fingerprint density at radius 3 is 2.02 bits per heavy atom. The van der Waals surface area contributed by atoms with Crippen LogP contribution in [0.3, 0.4) is 0 Å². The van der Waals surface area contributed by atoms with Gasteiger partial charge in [-0.15, -0.1) is 0 Å². The van der Waals surface area contributed by atoms with Gasteiger partial charge in [0.15, 0.2) is 0 Å². The van der Waals surface area contributed by atoms with E-state index in [2.05, 4.69) is 60.6 Å². The lowest BCUT2D eigenvalue weighted by Gasteiger charge is -2.61. The van der Waals surface area contributed by atoms with Crippen LogP contribution in [0.2, 0.25) is 0 Å². The van der Waals surface area contributed by atoms with Crippen molar-refractivity contribution in [3.8, 4) is 0 Å². The lowest BCUT2D eigenvalue weighted by atomic mass is 9.44. The molecule has 0 aromatic carbocycles. The van der Waals surface area contributed by atoms with Crippen LogP contribution in [0.15, 0.2) is 12.2 Å². The zero-order valence-corrected chi connectivity index (χ0v) is 33.3. The Labute approximate surface area is 300 Å². The second-order valence-corrected chi connectivity index (χ2v) is 18.9. The molecule has 4 aliphatic rings. The van der Waals surface area contributed by atoms with E-state index in [1.54, 1.807) is 0 Å². The van der Waals surface area contributed by atoms with Gasteiger partial charge in [0, 0.05) is 6.42 Å². The number of hydrogen-bond donors (Lipinski definition) is 0. The van der Waals surface area contributed by atoms with Crippen molar-refractivity contribution in [1.82, 2.24) is 0 Å². The maximum absolute atomic E-state index is 12.8. The molecule has 0 N–H and O–H groups in total. The molecule has 0 aliphatic heterocycles. The molecule has 0 radical (unpaired) electrons. The topological polar surface area (TPSA) is 26.3 Å². The van der Waals surface area contributed by atoms with Crippen molar-refractivity contribution in [3.63, 3.8) is 0 Å². The molecule has 2 heteroatoms. The van der Waals surface area contributed by atoms with Gasteiger partial charge < -0.3 is 4.74 Å². The predicted molar refractivity (Wildman–Crippen MR) is 207 cm³/mol. The molecule has 0 aromatic rings. The highest BCUT2D eigenvalue weighted by atomic mass is 16.5. The highest BCUT2D eigenvalue weighted by molar-refractivity contribution is 5.69. The van der Waals surface area contributed by atoms with Gasteiger partial charge in [0.25, 0.3) is 0 Å². The van der Waals surface area contributed by atoms with E-state index < -0.39 is 0 Å². The van der Waals surface area contributed by atoms with E-state index in [0.29, 0.717) is 17.3 Å². The van der Waals surface area contributed by atoms with Gasteiger partial charge in [-0.25, -0.2) is 0 Å². The van der Waals surface area contributed by atoms with Crippen molar-refractivity contribution < 1.29 is 9.53 Å². The first-order valence-electron chi connectivity index (χ1n) is 21.9. The smallest absolute Gasteiger partial charge is 0.306 e. The number of fused-ring (bicyclic) bond motifs is 5. The highest BCUT2D eigenvalue weighted by Gasteiger charge is 2.60.